The highest BCUT2D eigenvalue weighted by molar-refractivity contribution is 5.30. The topological polar surface area (TPSA) is 9.23 Å². The Labute approximate surface area is 99.1 Å². The molecule has 0 aliphatic carbocycles. The van der Waals surface area contributed by atoms with Gasteiger partial charge >= 0.3 is 0 Å². The Balaban J connectivity index is 2.68. The molecule has 0 saturated carbocycles. The molecule has 0 aliphatic rings. The largest absolute Gasteiger partial charge is 0.465 e. The van der Waals surface area contributed by atoms with Crippen LogP contribution in [-0.2, 0) is 0 Å². The summed E-state index contributed by atoms with van der Waals surface area (Å²) < 4.78 is 5.59. The predicted octanol–water partition coefficient (Wildman–Crippen LogP) is 4.75. The molecule has 0 heterocycles. The zero-order valence-electron chi connectivity index (χ0n) is 10.9. The highest BCUT2D eigenvalue weighted by Gasteiger charge is 2.04. The number of hydrogen-bond donors (Lipinski definition) is 0. The van der Waals surface area contributed by atoms with E-state index in [0.29, 0.717) is 5.92 Å². The summed E-state index contributed by atoms with van der Waals surface area (Å²) in [5, 5.41) is 0. The molecule has 1 aromatic carbocycles. The summed E-state index contributed by atoms with van der Waals surface area (Å²) in [7, 11) is 0. The van der Waals surface area contributed by atoms with Gasteiger partial charge in [-0.2, -0.15) is 0 Å². The quantitative estimate of drug-likeness (QED) is 0.665. The van der Waals surface area contributed by atoms with Crippen LogP contribution in [0.4, 0.5) is 0 Å². The van der Waals surface area contributed by atoms with E-state index in [1.54, 1.807) is 6.26 Å². The minimum atomic E-state index is 0.162. The van der Waals surface area contributed by atoms with E-state index in [-0.39, 0.29) is 5.41 Å². The maximum atomic E-state index is 5.59. The Morgan fingerprint density at radius 3 is 2.44 bits per heavy atom. The second-order valence-electron chi connectivity index (χ2n) is 5.51. The molecule has 0 fully saturated rings. The zero-order valence-corrected chi connectivity index (χ0v) is 10.9. The van der Waals surface area contributed by atoms with E-state index in [9.17, 15) is 0 Å². The highest BCUT2D eigenvalue weighted by Crippen LogP contribution is 2.21. The van der Waals surface area contributed by atoms with Crippen molar-refractivity contribution in [1.29, 1.82) is 0 Å². The maximum Gasteiger partial charge on any atom is 0.126 e. The Kier molecular flexibility index (Phi) is 4.17. The van der Waals surface area contributed by atoms with E-state index in [1.165, 1.54) is 5.56 Å². The van der Waals surface area contributed by atoms with E-state index in [2.05, 4.69) is 52.8 Å². The monoisotopic (exact) mass is 218 g/mol. The lowest BCUT2D eigenvalue weighted by Gasteiger charge is -2.11. The van der Waals surface area contributed by atoms with Crippen LogP contribution in [0.2, 0.25) is 0 Å². The summed E-state index contributed by atoms with van der Waals surface area (Å²) >= 11 is 0. The third-order valence-corrected chi connectivity index (χ3v) is 2.30. The van der Waals surface area contributed by atoms with E-state index in [1.807, 2.05) is 12.1 Å². The van der Waals surface area contributed by atoms with Gasteiger partial charge < -0.3 is 4.74 Å². The molecule has 0 saturated heterocycles. The third-order valence-electron chi connectivity index (χ3n) is 2.30. The first kappa shape index (κ1) is 12.8. The molecule has 0 bridgehead atoms. The maximum absolute atomic E-state index is 5.59. The van der Waals surface area contributed by atoms with Gasteiger partial charge in [0.15, 0.2) is 0 Å². The normalized spacial score (nSPS) is 12.4. The summed E-state index contributed by atoms with van der Waals surface area (Å²) in [6.45, 7) is 10.8. The number of benzene rings is 1. The van der Waals surface area contributed by atoms with Gasteiger partial charge in [-0.15, -0.1) is 0 Å². The molecular formula is C15H22O. The van der Waals surface area contributed by atoms with Crippen LogP contribution in [0, 0.1) is 5.41 Å². The molecule has 0 aromatic heterocycles. The van der Waals surface area contributed by atoms with E-state index < -0.39 is 0 Å². The Hall–Kier alpha value is -1.24. The van der Waals surface area contributed by atoms with Crippen molar-refractivity contribution in [3.63, 3.8) is 0 Å². The average Bonchev–Trinajstić information content (AvgIpc) is 2.16. The molecule has 0 amide bonds. The van der Waals surface area contributed by atoms with Crippen molar-refractivity contribution in [2.45, 2.75) is 40.5 Å². The van der Waals surface area contributed by atoms with Gasteiger partial charge in [0.2, 0.25) is 0 Å². The number of ether oxygens (including phenoxy) is 1. The van der Waals surface area contributed by atoms with Crippen LogP contribution in [0.25, 0.3) is 0 Å². The molecule has 1 rings (SSSR count). The lowest BCUT2D eigenvalue weighted by Crippen LogP contribution is -1.99. The molecule has 0 aliphatic heterocycles. The van der Waals surface area contributed by atoms with Crippen molar-refractivity contribution in [1.82, 2.24) is 0 Å². The lowest BCUT2D eigenvalue weighted by atomic mass is 9.97. The van der Waals surface area contributed by atoms with Crippen molar-refractivity contribution < 1.29 is 4.74 Å². The SMILES string of the molecule is CC(C)c1cccc(OC=CC(C)(C)C)c1. The Bertz CT molecular complexity index is 356. The summed E-state index contributed by atoms with van der Waals surface area (Å²) in [4.78, 5) is 0. The lowest BCUT2D eigenvalue weighted by molar-refractivity contribution is 0.454. The van der Waals surface area contributed by atoms with Gasteiger partial charge in [-0.3, -0.25) is 0 Å². The molecule has 0 unspecified atom stereocenters. The number of hydrogen-bond acceptors (Lipinski definition) is 1. The molecular weight excluding hydrogens is 196 g/mol. The first-order chi connectivity index (χ1) is 7.38. The second kappa shape index (κ2) is 5.20. The molecule has 1 nitrogen and oxygen atoms in total. The fourth-order valence-corrected chi connectivity index (χ4v) is 1.26. The van der Waals surface area contributed by atoms with Gasteiger partial charge in [0.25, 0.3) is 0 Å². The fraction of sp³-hybridized carbons (Fsp3) is 0.467. The summed E-state index contributed by atoms with van der Waals surface area (Å²) in [5.74, 6) is 1.45. The van der Waals surface area contributed by atoms with Crippen molar-refractivity contribution >= 4 is 0 Å². The van der Waals surface area contributed by atoms with Crippen LogP contribution >= 0.6 is 0 Å². The molecule has 0 spiro atoms. The van der Waals surface area contributed by atoms with Crippen molar-refractivity contribution in [3.8, 4) is 5.75 Å². The van der Waals surface area contributed by atoms with Gasteiger partial charge in [0.05, 0.1) is 6.26 Å². The Morgan fingerprint density at radius 1 is 1.19 bits per heavy atom. The Morgan fingerprint density at radius 2 is 1.88 bits per heavy atom. The van der Waals surface area contributed by atoms with E-state index in [0.717, 1.165) is 5.75 Å². The second-order valence-corrected chi connectivity index (χ2v) is 5.51. The molecule has 16 heavy (non-hydrogen) atoms. The van der Waals surface area contributed by atoms with Gasteiger partial charge in [0.1, 0.15) is 5.75 Å². The van der Waals surface area contributed by atoms with Gasteiger partial charge in [-0.05, 0) is 35.1 Å². The van der Waals surface area contributed by atoms with Crippen LogP contribution < -0.4 is 4.74 Å². The summed E-state index contributed by atoms with van der Waals surface area (Å²) in [6.07, 6.45) is 3.84. The molecule has 1 heteroatoms. The fourth-order valence-electron chi connectivity index (χ4n) is 1.26. The zero-order chi connectivity index (χ0) is 12.2. The molecule has 1 aromatic rings. The molecule has 0 atom stereocenters. The molecule has 0 N–H and O–H groups in total. The van der Waals surface area contributed by atoms with E-state index >= 15 is 0 Å². The number of allylic oxidation sites excluding steroid dienone is 1. The first-order valence-electron chi connectivity index (χ1n) is 5.83. The van der Waals surface area contributed by atoms with E-state index in [4.69, 9.17) is 4.74 Å². The molecule has 88 valence electrons. The predicted molar refractivity (Wildman–Crippen MR) is 69.8 cm³/mol. The van der Waals surface area contributed by atoms with Gasteiger partial charge in [0, 0.05) is 0 Å². The van der Waals surface area contributed by atoms with Crippen LogP contribution in [0.3, 0.4) is 0 Å². The molecule has 0 radical (unpaired) electrons. The van der Waals surface area contributed by atoms with Crippen molar-refractivity contribution in [2.24, 2.45) is 5.41 Å². The minimum Gasteiger partial charge on any atom is -0.465 e. The van der Waals surface area contributed by atoms with Crippen LogP contribution in [-0.4, -0.2) is 0 Å². The highest BCUT2D eigenvalue weighted by atomic mass is 16.5. The van der Waals surface area contributed by atoms with Crippen LogP contribution in [0.15, 0.2) is 36.6 Å². The van der Waals surface area contributed by atoms with Crippen molar-refractivity contribution in [3.05, 3.63) is 42.2 Å². The first-order valence-corrected chi connectivity index (χ1v) is 5.83. The van der Waals surface area contributed by atoms with Crippen LogP contribution in [0.1, 0.15) is 46.1 Å². The van der Waals surface area contributed by atoms with Gasteiger partial charge in [-0.25, -0.2) is 0 Å². The summed E-state index contributed by atoms with van der Waals surface area (Å²) in [5.41, 5.74) is 1.47. The summed E-state index contributed by atoms with van der Waals surface area (Å²) in [6, 6.07) is 8.25. The van der Waals surface area contributed by atoms with Crippen molar-refractivity contribution in [2.75, 3.05) is 0 Å². The smallest absolute Gasteiger partial charge is 0.126 e. The van der Waals surface area contributed by atoms with Gasteiger partial charge in [-0.1, -0.05) is 46.8 Å². The minimum absolute atomic E-state index is 0.162. The average molecular weight is 218 g/mol. The van der Waals surface area contributed by atoms with Crippen LogP contribution in [0.5, 0.6) is 5.75 Å². The standard InChI is InChI=1S/C15H22O/c1-12(2)13-7-6-8-14(11-13)16-10-9-15(3,4)5/h6-12H,1-5H3. The number of rotatable bonds is 3. The third kappa shape index (κ3) is 4.52.